The molecule has 1 N–H and O–H groups in total. The van der Waals surface area contributed by atoms with Crippen molar-refractivity contribution in [3.63, 3.8) is 0 Å². The third-order valence-electron chi connectivity index (χ3n) is 4.60. The summed E-state index contributed by atoms with van der Waals surface area (Å²) in [6.07, 6.45) is 2.12. The van der Waals surface area contributed by atoms with Gasteiger partial charge in [-0.25, -0.2) is 6.57 Å². The van der Waals surface area contributed by atoms with Gasteiger partial charge in [0.15, 0.2) is 0 Å². The van der Waals surface area contributed by atoms with Crippen molar-refractivity contribution in [1.82, 2.24) is 0 Å². The maximum absolute atomic E-state index is 9.95. The zero-order valence-electron chi connectivity index (χ0n) is 11.9. The first-order chi connectivity index (χ1) is 10.3. The van der Waals surface area contributed by atoms with Crippen molar-refractivity contribution in [1.29, 1.82) is 0 Å². The van der Waals surface area contributed by atoms with Crippen LogP contribution in [0.1, 0.15) is 30.4 Å². The molecule has 0 bridgehead atoms. The van der Waals surface area contributed by atoms with Crippen LogP contribution in [0.3, 0.4) is 0 Å². The smallest absolute Gasteiger partial charge is 0.285 e. The van der Waals surface area contributed by atoms with Gasteiger partial charge in [-0.2, -0.15) is 0 Å². The Balaban J connectivity index is 2.17. The Bertz CT molecular complexity index is 590. The first-order valence-electron chi connectivity index (χ1n) is 7.45. The molecule has 1 aliphatic carbocycles. The number of hydrogen-bond donors (Lipinski definition) is 1. The molecule has 1 unspecified atom stereocenters. The lowest BCUT2D eigenvalue weighted by molar-refractivity contribution is 0.173. The largest absolute Gasteiger partial charge is 0.393 e. The Morgan fingerprint density at radius 2 is 1.43 bits per heavy atom. The molecule has 2 nitrogen and oxygen atoms in total. The number of aliphatic hydroxyl groups is 1. The first kappa shape index (κ1) is 13.9. The topological polar surface area (TPSA) is 24.6 Å². The minimum atomic E-state index is -0.681. The van der Waals surface area contributed by atoms with Crippen LogP contribution in [0.2, 0.25) is 0 Å². The van der Waals surface area contributed by atoms with E-state index in [2.05, 4.69) is 4.85 Å². The summed E-state index contributed by atoms with van der Waals surface area (Å²) in [7, 11) is 0. The highest BCUT2D eigenvalue weighted by molar-refractivity contribution is 5.43. The second-order valence-corrected chi connectivity index (χ2v) is 5.77. The van der Waals surface area contributed by atoms with Crippen LogP contribution in [0.4, 0.5) is 0 Å². The molecule has 1 saturated carbocycles. The molecule has 0 amide bonds. The quantitative estimate of drug-likeness (QED) is 0.842. The molecule has 0 spiro atoms. The van der Waals surface area contributed by atoms with E-state index >= 15 is 0 Å². The summed E-state index contributed by atoms with van der Waals surface area (Å²) in [4.78, 5) is 4.12. The average Bonchev–Trinajstić information content (AvgIpc) is 2.98. The van der Waals surface area contributed by atoms with Crippen LogP contribution in [-0.2, 0) is 5.54 Å². The number of rotatable bonds is 3. The Morgan fingerprint density at radius 3 is 1.81 bits per heavy atom. The Morgan fingerprint density at radius 1 is 0.905 bits per heavy atom. The molecule has 106 valence electrons. The first-order valence-corrected chi connectivity index (χ1v) is 7.45. The summed E-state index contributed by atoms with van der Waals surface area (Å²) in [5, 5.41) is 9.95. The molecule has 2 aromatic rings. The van der Waals surface area contributed by atoms with Crippen LogP contribution in [-0.4, -0.2) is 11.2 Å². The summed E-state index contributed by atoms with van der Waals surface area (Å²) in [5.74, 6) is 0.162. The van der Waals surface area contributed by atoms with Crippen LogP contribution >= 0.6 is 0 Å². The van der Waals surface area contributed by atoms with Gasteiger partial charge in [0.05, 0.1) is 6.10 Å². The van der Waals surface area contributed by atoms with Crippen molar-refractivity contribution in [3.05, 3.63) is 83.2 Å². The number of nitrogens with zero attached hydrogens (tertiary/aromatic N) is 1. The van der Waals surface area contributed by atoms with E-state index in [1.807, 2.05) is 60.7 Å². The van der Waals surface area contributed by atoms with Gasteiger partial charge in [0.2, 0.25) is 0 Å². The molecular formula is C19H19NO. The third kappa shape index (κ3) is 2.34. The highest BCUT2D eigenvalue weighted by atomic mass is 16.3. The molecule has 3 rings (SSSR count). The maximum Gasteiger partial charge on any atom is 0.285 e. The van der Waals surface area contributed by atoms with Gasteiger partial charge in [-0.1, -0.05) is 60.7 Å². The summed E-state index contributed by atoms with van der Waals surface area (Å²) >= 11 is 0. The summed E-state index contributed by atoms with van der Waals surface area (Å²) < 4.78 is 0. The van der Waals surface area contributed by atoms with Crippen molar-refractivity contribution in [2.75, 3.05) is 0 Å². The SMILES string of the molecule is [C-]#[N+]C(c1ccccc1)(c1ccccc1)C1CC[C@H](O)C1. The lowest BCUT2D eigenvalue weighted by Gasteiger charge is -2.29. The zero-order valence-corrected chi connectivity index (χ0v) is 11.9. The summed E-state index contributed by atoms with van der Waals surface area (Å²) in [5.41, 5.74) is 1.38. The fourth-order valence-electron chi connectivity index (χ4n) is 3.58. The average molecular weight is 277 g/mol. The van der Waals surface area contributed by atoms with Gasteiger partial charge >= 0.3 is 0 Å². The van der Waals surface area contributed by atoms with E-state index in [1.54, 1.807) is 0 Å². The molecule has 21 heavy (non-hydrogen) atoms. The van der Waals surface area contributed by atoms with Gasteiger partial charge in [-0.15, -0.1) is 0 Å². The van der Waals surface area contributed by atoms with Crippen LogP contribution < -0.4 is 0 Å². The standard InChI is InChI=1S/C19H19NO/c1-20-19(15-8-4-2-5-9-15,16-10-6-3-7-11-16)17-12-13-18(21)14-17/h2-11,17-18,21H,12-14H2/t17?,18-/m0/s1. The third-order valence-corrected chi connectivity index (χ3v) is 4.60. The van der Waals surface area contributed by atoms with E-state index in [-0.39, 0.29) is 12.0 Å². The zero-order chi connectivity index (χ0) is 14.7. The normalized spacial score (nSPS) is 21.9. The molecule has 2 aromatic carbocycles. The van der Waals surface area contributed by atoms with Gasteiger partial charge < -0.3 is 5.11 Å². The Hall–Kier alpha value is -2.11. The highest BCUT2D eigenvalue weighted by Crippen LogP contribution is 2.47. The van der Waals surface area contributed by atoms with E-state index in [0.717, 1.165) is 24.0 Å². The van der Waals surface area contributed by atoms with Crippen LogP contribution in [0, 0.1) is 12.5 Å². The van der Waals surface area contributed by atoms with Gasteiger partial charge in [-0.3, -0.25) is 4.85 Å². The lowest BCUT2D eigenvalue weighted by Crippen LogP contribution is -2.32. The van der Waals surface area contributed by atoms with Crippen LogP contribution in [0.15, 0.2) is 60.7 Å². The molecule has 0 radical (unpaired) electrons. The highest BCUT2D eigenvalue weighted by Gasteiger charge is 2.51. The molecule has 0 heterocycles. The van der Waals surface area contributed by atoms with Gasteiger partial charge in [-0.05, 0) is 19.3 Å². The molecule has 2 atom stereocenters. The fourth-order valence-corrected chi connectivity index (χ4v) is 3.58. The molecular weight excluding hydrogens is 258 g/mol. The summed E-state index contributed by atoms with van der Waals surface area (Å²) in [6, 6.07) is 20.1. The van der Waals surface area contributed by atoms with E-state index in [1.165, 1.54) is 0 Å². The van der Waals surface area contributed by atoms with E-state index in [9.17, 15) is 5.11 Å². The number of hydrogen-bond acceptors (Lipinski definition) is 1. The molecule has 1 fully saturated rings. The van der Waals surface area contributed by atoms with Gasteiger partial charge in [0.25, 0.3) is 5.54 Å². The van der Waals surface area contributed by atoms with Crippen LogP contribution in [0.25, 0.3) is 4.85 Å². The van der Waals surface area contributed by atoms with Gasteiger partial charge in [0, 0.05) is 17.0 Å². The minimum Gasteiger partial charge on any atom is -0.393 e. The van der Waals surface area contributed by atoms with Crippen LogP contribution in [0.5, 0.6) is 0 Å². The predicted octanol–water partition coefficient (Wildman–Crippen LogP) is 4.01. The van der Waals surface area contributed by atoms with Crippen molar-refractivity contribution in [2.45, 2.75) is 30.9 Å². The minimum absolute atomic E-state index is 0.162. The molecule has 1 aliphatic rings. The van der Waals surface area contributed by atoms with E-state index in [0.29, 0.717) is 6.42 Å². The lowest BCUT2D eigenvalue weighted by atomic mass is 9.72. The predicted molar refractivity (Wildman–Crippen MR) is 83.6 cm³/mol. The molecule has 0 saturated heterocycles. The van der Waals surface area contributed by atoms with E-state index < -0.39 is 5.54 Å². The monoisotopic (exact) mass is 277 g/mol. The summed E-state index contributed by atoms with van der Waals surface area (Å²) in [6.45, 7) is 7.96. The number of benzene rings is 2. The van der Waals surface area contributed by atoms with Crippen molar-refractivity contribution in [3.8, 4) is 0 Å². The van der Waals surface area contributed by atoms with E-state index in [4.69, 9.17) is 6.57 Å². The number of aliphatic hydroxyl groups excluding tert-OH is 1. The Kier molecular flexibility index (Phi) is 3.77. The van der Waals surface area contributed by atoms with Crippen molar-refractivity contribution >= 4 is 0 Å². The van der Waals surface area contributed by atoms with Gasteiger partial charge in [0.1, 0.15) is 0 Å². The fraction of sp³-hybridized carbons (Fsp3) is 0.316. The second kappa shape index (κ2) is 5.71. The molecule has 2 heteroatoms. The van der Waals surface area contributed by atoms with Crippen molar-refractivity contribution < 1.29 is 5.11 Å². The molecule has 0 aliphatic heterocycles. The van der Waals surface area contributed by atoms with Crippen molar-refractivity contribution in [2.24, 2.45) is 5.92 Å². The molecule has 0 aromatic heterocycles. The maximum atomic E-state index is 9.95. The Labute approximate surface area is 125 Å². The second-order valence-electron chi connectivity index (χ2n) is 5.77.